The predicted molar refractivity (Wildman–Crippen MR) is 85.7 cm³/mol. The van der Waals surface area contributed by atoms with E-state index in [-0.39, 0.29) is 5.41 Å². The lowest BCUT2D eigenvalue weighted by molar-refractivity contribution is 0.221. The Morgan fingerprint density at radius 2 is 1.84 bits per heavy atom. The second-order valence-electron chi connectivity index (χ2n) is 6.24. The summed E-state index contributed by atoms with van der Waals surface area (Å²) in [7, 11) is 0. The summed E-state index contributed by atoms with van der Waals surface area (Å²) in [5.74, 6) is 1.64. The minimum atomic E-state index is 0.268. The summed E-state index contributed by atoms with van der Waals surface area (Å²) in [4.78, 5) is 0. The SMILES string of the molecule is CC(C)CNCC(C)(C)CCOc1ccc(Br)cc1. The van der Waals surface area contributed by atoms with E-state index in [4.69, 9.17) is 4.74 Å². The molecule has 0 fully saturated rings. The van der Waals surface area contributed by atoms with Crippen molar-refractivity contribution < 1.29 is 4.74 Å². The van der Waals surface area contributed by atoms with Gasteiger partial charge in [0.25, 0.3) is 0 Å². The fourth-order valence-corrected chi connectivity index (χ4v) is 2.03. The summed E-state index contributed by atoms with van der Waals surface area (Å²) in [6.45, 7) is 11.9. The molecule has 0 atom stereocenters. The summed E-state index contributed by atoms with van der Waals surface area (Å²) in [6, 6.07) is 8.00. The molecule has 0 aliphatic rings. The first-order valence-corrected chi connectivity index (χ1v) is 7.77. The Morgan fingerprint density at radius 3 is 2.42 bits per heavy atom. The number of hydrogen-bond donors (Lipinski definition) is 1. The second-order valence-corrected chi connectivity index (χ2v) is 7.16. The molecule has 0 aliphatic heterocycles. The van der Waals surface area contributed by atoms with E-state index < -0.39 is 0 Å². The van der Waals surface area contributed by atoms with Crippen LogP contribution < -0.4 is 10.1 Å². The number of rotatable bonds is 8. The van der Waals surface area contributed by atoms with Crippen molar-refractivity contribution >= 4 is 15.9 Å². The van der Waals surface area contributed by atoms with Gasteiger partial charge in [-0.3, -0.25) is 0 Å². The highest BCUT2D eigenvalue weighted by molar-refractivity contribution is 9.10. The van der Waals surface area contributed by atoms with Gasteiger partial charge in [0.05, 0.1) is 6.61 Å². The first kappa shape index (κ1) is 16.5. The lowest BCUT2D eigenvalue weighted by atomic mass is 9.89. The zero-order valence-electron chi connectivity index (χ0n) is 12.5. The van der Waals surface area contributed by atoms with E-state index in [1.54, 1.807) is 0 Å². The van der Waals surface area contributed by atoms with Crippen LogP contribution in [0.2, 0.25) is 0 Å². The molecule has 0 aliphatic carbocycles. The van der Waals surface area contributed by atoms with Gasteiger partial charge in [0.1, 0.15) is 5.75 Å². The van der Waals surface area contributed by atoms with Crippen molar-refractivity contribution in [3.8, 4) is 5.75 Å². The molecular formula is C16H26BrNO. The van der Waals surface area contributed by atoms with Crippen LogP contribution in [0.25, 0.3) is 0 Å². The van der Waals surface area contributed by atoms with E-state index in [0.29, 0.717) is 5.92 Å². The van der Waals surface area contributed by atoms with E-state index in [2.05, 4.69) is 48.9 Å². The summed E-state index contributed by atoms with van der Waals surface area (Å²) in [5.41, 5.74) is 0.268. The van der Waals surface area contributed by atoms with Crippen LogP contribution in [0.5, 0.6) is 5.75 Å². The minimum absolute atomic E-state index is 0.268. The number of ether oxygens (including phenoxy) is 1. The van der Waals surface area contributed by atoms with Gasteiger partial charge >= 0.3 is 0 Å². The van der Waals surface area contributed by atoms with Gasteiger partial charge in [-0.1, -0.05) is 43.6 Å². The quantitative estimate of drug-likeness (QED) is 0.759. The van der Waals surface area contributed by atoms with Crippen molar-refractivity contribution in [1.29, 1.82) is 0 Å². The van der Waals surface area contributed by atoms with Gasteiger partial charge in [0, 0.05) is 11.0 Å². The zero-order chi connectivity index (χ0) is 14.3. The predicted octanol–water partition coefficient (Wildman–Crippen LogP) is 4.49. The van der Waals surface area contributed by atoms with Gasteiger partial charge in [-0.25, -0.2) is 0 Å². The van der Waals surface area contributed by atoms with Crippen LogP contribution in [0, 0.1) is 11.3 Å². The van der Waals surface area contributed by atoms with Crippen LogP contribution in [0.3, 0.4) is 0 Å². The highest BCUT2D eigenvalue weighted by Gasteiger charge is 2.17. The average Bonchev–Trinajstić information content (AvgIpc) is 2.30. The number of hydrogen-bond acceptors (Lipinski definition) is 2. The summed E-state index contributed by atoms with van der Waals surface area (Å²) in [6.07, 6.45) is 1.05. The maximum atomic E-state index is 5.78. The maximum absolute atomic E-state index is 5.78. The summed E-state index contributed by atoms with van der Waals surface area (Å²) >= 11 is 3.42. The first-order valence-electron chi connectivity index (χ1n) is 6.98. The fourth-order valence-electron chi connectivity index (χ4n) is 1.76. The molecule has 0 saturated carbocycles. The highest BCUT2D eigenvalue weighted by Crippen LogP contribution is 2.21. The monoisotopic (exact) mass is 327 g/mol. The molecule has 0 saturated heterocycles. The van der Waals surface area contributed by atoms with Crippen molar-refractivity contribution in [1.82, 2.24) is 5.32 Å². The van der Waals surface area contributed by atoms with Gasteiger partial charge in [-0.15, -0.1) is 0 Å². The van der Waals surface area contributed by atoms with E-state index >= 15 is 0 Å². The van der Waals surface area contributed by atoms with Gasteiger partial charge < -0.3 is 10.1 Å². The molecule has 0 bridgehead atoms. The molecule has 0 amide bonds. The van der Waals surface area contributed by atoms with Crippen molar-refractivity contribution in [2.75, 3.05) is 19.7 Å². The molecule has 19 heavy (non-hydrogen) atoms. The van der Waals surface area contributed by atoms with Crippen molar-refractivity contribution in [3.63, 3.8) is 0 Å². The third-order valence-corrected chi connectivity index (χ3v) is 3.55. The van der Waals surface area contributed by atoms with Crippen LogP contribution in [-0.2, 0) is 0 Å². The van der Waals surface area contributed by atoms with Crippen LogP contribution in [0.15, 0.2) is 28.7 Å². The standard InChI is InChI=1S/C16H26BrNO/c1-13(2)11-18-12-16(3,4)9-10-19-15-7-5-14(17)6-8-15/h5-8,13,18H,9-12H2,1-4H3. The van der Waals surface area contributed by atoms with Gasteiger partial charge in [-0.05, 0) is 48.6 Å². The Kier molecular flexibility index (Phi) is 6.87. The number of halogens is 1. The molecule has 1 rings (SSSR count). The molecule has 0 spiro atoms. The fraction of sp³-hybridized carbons (Fsp3) is 0.625. The maximum Gasteiger partial charge on any atom is 0.119 e. The van der Waals surface area contributed by atoms with Crippen LogP contribution in [0.4, 0.5) is 0 Å². The summed E-state index contributed by atoms with van der Waals surface area (Å²) < 4.78 is 6.86. The Bertz CT molecular complexity index is 360. The topological polar surface area (TPSA) is 21.3 Å². The molecule has 0 heterocycles. The lowest BCUT2D eigenvalue weighted by Gasteiger charge is -2.25. The highest BCUT2D eigenvalue weighted by atomic mass is 79.9. The molecule has 0 unspecified atom stereocenters. The molecule has 1 aromatic rings. The largest absolute Gasteiger partial charge is 0.494 e. The van der Waals surface area contributed by atoms with E-state index in [9.17, 15) is 0 Å². The average molecular weight is 328 g/mol. The van der Waals surface area contributed by atoms with Gasteiger partial charge in [0.2, 0.25) is 0 Å². The molecule has 1 aromatic carbocycles. The van der Waals surface area contributed by atoms with Crippen LogP contribution in [0.1, 0.15) is 34.1 Å². The molecule has 0 aromatic heterocycles. The van der Waals surface area contributed by atoms with E-state index in [1.165, 1.54) is 0 Å². The number of nitrogens with one attached hydrogen (secondary N) is 1. The Labute approximate surface area is 126 Å². The Balaban J connectivity index is 2.25. The third kappa shape index (κ3) is 7.58. The van der Waals surface area contributed by atoms with Crippen molar-refractivity contribution in [3.05, 3.63) is 28.7 Å². The zero-order valence-corrected chi connectivity index (χ0v) is 14.1. The third-order valence-electron chi connectivity index (χ3n) is 3.02. The smallest absolute Gasteiger partial charge is 0.119 e. The molecule has 1 N–H and O–H groups in total. The molecule has 108 valence electrons. The first-order chi connectivity index (χ1) is 8.89. The Morgan fingerprint density at radius 1 is 1.21 bits per heavy atom. The normalized spacial score (nSPS) is 11.9. The molecular weight excluding hydrogens is 302 g/mol. The van der Waals surface area contributed by atoms with Crippen LogP contribution in [-0.4, -0.2) is 19.7 Å². The number of benzene rings is 1. The van der Waals surface area contributed by atoms with Crippen LogP contribution >= 0.6 is 15.9 Å². The molecule has 3 heteroatoms. The summed E-state index contributed by atoms with van der Waals surface area (Å²) in [5, 5.41) is 3.52. The second kappa shape index (κ2) is 7.91. The molecule has 2 nitrogen and oxygen atoms in total. The Hall–Kier alpha value is -0.540. The lowest BCUT2D eigenvalue weighted by Crippen LogP contribution is -2.32. The van der Waals surface area contributed by atoms with Gasteiger partial charge in [0.15, 0.2) is 0 Å². The van der Waals surface area contributed by atoms with E-state index in [1.807, 2.05) is 24.3 Å². The van der Waals surface area contributed by atoms with E-state index in [0.717, 1.165) is 36.3 Å². The molecule has 0 radical (unpaired) electrons. The minimum Gasteiger partial charge on any atom is -0.494 e. The van der Waals surface area contributed by atoms with Gasteiger partial charge in [-0.2, -0.15) is 0 Å². The van der Waals surface area contributed by atoms with Crippen molar-refractivity contribution in [2.24, 2.45) is 11.3 Å². The van der Waals surface area contributed by atoms with Crippen molar-refractivity contribution in [2.45, 2.75) is 34.1 Å².